The molecule has 0 heterocycles. The summed E-state index contributed by atoms with van der Waals surface area (Å²) in [6, 6.07) is 0. The molecule has 0 aromatic heterocycles. The fraction of sp³-hybridized carbons (Fsp3) is 0. The van der Waals surface area contributed by atoms with Crippen molar-refractivity contribution in [2.75, 3.05) is 0 Å². The van der Waals surface area contributed by atoms with Gasteiger partial charge < -0.3 is 19.2 Å². The minimum Gasteiger partial charge on any atom is -0.511 e. The van der Waals surface area contributed by atoms with E-state index in [1.165, 1.54) is 0 Å². The molecular formula is H4O6Si2YYb. The van der Waals surface area contributed by atoms with Gasteiger partial charge in [-0.25, -0.2) is 0 Å². The fourth-order valence-corrected chi connectivity index (χ4v) is 0. The average molecular weight is 418 g/mol. The van der Waals surface area contributed by atoms with Gasteiger partial charge in [-0.3, -0.25) is 8.92 Å². The van der Waals surface area contributed by atoms with E-state index >= 15 is 0 Å². The van der Waals surface area contributed by atoms with E-state index in [4.69, 9.17) is 28.1 Å². The van der Waals surface area contributed by atoms with E-state index in [2.05, 4.69) is 0 Å². The first-order chi connectivity index (χ1) is 3.46. The topological polar surface area (TPSA) is 115 Å². The van der Waals surface area contributed by atoms with Crippen LogP contribution in [0.15, 0.2) is 0 Å². The maximum atomic E-state index is 8.74. The molecule has 0 bridgehead atoms. The minimum atomic E-state index is -3.13. The molecule has 0 saturated carbocycles. The fourth-order valence-electron chi connectivity index (χ4n) is 0. The van der Waals surface area contributed by atoms with E-state index in [1.54, 1.807) is 0 Å². The summed E-state index contributed by atoms with van der Waals surface area (Å²) >= 11 is 0. The summed E-state index contributed by atoms with van der Waals surface area (Å²) in [5, 5.41) is 0. The van der Waals surface area contributed by atoms with E-state index in [0.717, 1.165) is 0 Å². The second-order valence-corrected chi connectivity index (χ2v) is 1.70. The van der Waals surface area contributed by atoms with Crippen LogP contribution in [-0.4, -0.2) is 37.5 Å². The van der Waals surface area contributed by atoms with Gasteiger partial charge >= 0.3 is 18.3 Å². The Morgan fingerprint density at radius 2 is 0.800 bits per heavy atom. The maximum absolute atomic E-state index is 8.74. The van der Waals surface area contributed by atoms with Gasteiger partial charge in [-0.1, -0.05) is 0 Å². The normalized spacial score (nSPS) is 4.80. The van der Waals surface area contributed by atoms with Crippen LogP contribution in [0.5, 0.6) is 0 Å². The van der Waals surface area contributed by atoms with Crippen LogP contribution in [0.3, 0.4) is 0 Å². The van der Waals surface area contributed by atoms with Crippen LogP contribution in [-0.2, 0) is 41.6 Å². The van der Waals surface area contributed by atoms with Crippen LogP contribution in [0.2, 0.25) is 0 Å². The van der Waals surface area contributed by atoms with E-state index in [-0.39, 0.29) is 79.6 Å². The average Bonchev–Trinajstić information content (AvgIpc) is 1.25. The van der Waals surface area contributed by atoms with Gasteiger partial charge in [0.05, 0.1) is 0 Å². The molecule has 10 heavy (non-hydrogen) atoms. The van der Waals surface area contributed by atoms with Crippen molar-refractivity contribution in [3.05, 3.63) is 0 Å². The smallest absolute Gasteiger partial charge is 0.511 e. The number of hydrogen-bond donors (Lipinski definition) is 4. The summed E-state index contributed by atoms with van der Waals surface area (Å²) in [4.78, 5) is 28.6. The number of rotatable bonds is 0. The molecule has 1 radical (unpaired) electrons. The molecule has 4 N–H and O–H groups in total. The third-order valence-corrected chi connectivity index (χ3v) is 0. The van der Waals surface area contributed by atoms with Gasteiger partial charge in [0, 0.05) is 79.6 Å². The molecule has 0 unspecified atom stereocenters. The zero-order chi connectivity index (χ0) is 7.15. The third-order valence-electron chi connectivity index (χ3n) is 0. The van der Waals surface area contributed by atoms with Gasteiger partial charge in [-0.15, -0.1) is 0 Å². The molecule has 0 aromatic rings. The Kier molecular flexibility index (Phi) is 38.7. The summed E-state index contributed by atoms with van der Waals surface area (Å²) < 4.78 is 17.5. The Bertz CT molecular complexity index is 73.7. The predicted molar refractivity (Wildman–Crippen MR) is 21.8 cm³/mol. The summed E-state index contributed by atoms with van der Waals surface area (Å²) in [7, 11) is -6.26. The van der Waals surface area contributed by atoms with Crippen molar-refractivity contribution in [2.24, 2.45) is 0 Å². The van der Waals surface area contributed by atoms with E-state index in [0.29, 0.717) is 0 Å². The monoisotopic (exact) mass is 419 g/mol. The van der Waals surface area contributed by atoms with Crippen LogP contribution in [0.25, 0.3) is 0 Å². The van der Waals surface area contributed by atoms with Crippen molar-refractivity contribution in [1.82, 2.24) is 0 Å². The van der Waals surface area contributed by atoms with Crippen molar-refractivity contribution >= 4 is 18.3 Å². The predicted octanol–water partition coefficient (Wildman–Crippen LogP) is -3.23. The Labute approximate surface area is 124 Å². The molecule has 0 aliphatic rings. The molecule has 6 nitrogen and oxygen atoms in total. The Morgan fingerprint density at radius 1 is 0.800 bits per heavy atom. The molecule has 0 fully saturated rings. The molecular weight excluding hydrogens is 414 g/mol. The summed E-state index contributed by atoms with van der Waals surface area (Å²) in [6.07, 6.45) is 0. The minimum absolute atomic E-state index is 0. The molecule has 0 aliphatic carbocycles. The molecule has 65 valence electrons. The summed E-state index contributed by atoms with van der Waals surface area (Å²) in [5.41, 5.74) is 0. The first-order valence-electron chi connectivity index (χ1n) is 1.30. The first kappa shape index (κ1) is 22.6. The summed E-state index contributed by atoms with van der Waals surface area (Å²) in [6.45, 7) is 0. The number of hydrogen-bond acceptors (Lipinski definition) is 2. The van der Waals surface area contributed by atoms with Crippen molar-refractivity contribution in [3.8, 4) is 0 Å². The SMILES string of the molecule is O=[Si](O)O.O=[Si](O)O.[Y].[Yb]. The van der Waals surface area contributed by atoms with E-state index in [1.807, 2.05) is 0 Å². The molecule has 0 aromatic carbocycles. The van der Waals surface area contributed by atoms with Gasteiger partial charge in [0.15, 0.2) is 0 Å². The van der Waals surface area contributed by atoms with E-state index < -0.39 is 18.3 Å². The molecule has 0 rings (SSSR count). The van der Waals surface area contributed by atoms with Gasteiger partial charge in [0.1, 0.15) is 0 Å². The molecule has 0 amide bonds. The van der Waals surface area contributed by atoms with Crippen LogP contribution in [0.1, 0.15) is 0 Å². The van der Waals surface area contributed by atoms with Crippen LogP contribution >= 0.6 is 0 Å². The standard InChI is InChI=1S/2H2O3Si.Y.Yb/c2*1-4(2)3;;/h2*1-2H;;. The zero-order valence-corrected chi connectivity index (χ0v) is 11.0. The van der Waals surface area contributed by atoms with Crippen LogP contribution in [0, 0.1) is 46.9 Å². The molecule has 0 saturated heterocycles. The van der Waals surface area contributed by atoms with Gasteiger partial charge in [-0.05, 0) is 0 Å². The molecule has 0 aliphatic heterocycles. The van der Waals surface area contributed by atoms with Crippen LogP contribution < -0.4 is 0 Å². The van der Waals surface area contributed by atoms with Crippen LogP contribution in [0.4, 0.5) is 0 Å². The van der Waals surface area contributed by atoms with Crippen molar-refractivity contribution in [2.45, 2.75) is 0 Å². The molecule has 0 atom stereocenters. The van der Waals surface area contributed by atoms with E-state index in [9.17, 15) is 0 Å². The Balaban J connectivity index is -0.0000000300. The van der Waals surface area contributed by atoms with Crippen molar-refractivity contribution in [3.63, 3.8) is 0 Å². The first-order valence-corrected chi connectivity index (χ1v) is 3.91. The van der Waals surface area contributed by atoms with Crippen molar-refractivity contribution in [1.29, 1.82) is 0 Å². The Morgan fingerprint density at radius 3 is 0.800 bits per heavy atom. The van der Waals surface area contributed by atoms with Gasteiger partial charge in [-0.2, -0.15) is 0 Å². The quantitative estimate of drug-likeness (QED) is 0.308. The zero-order valence-electron chi connectivity index (χ0n) is 4.45. The largest absolute Gasteiger partial charge is 0.761 e. The maximum Gasteiger partial charge on any atom is 0.761 e. The Hall–Kier alpha value is 1.86. The van der Waals surface area contributed by atoms with Crippen molar-refractivity contribution < 1.29 is 108 Å². The second kappa shape index (κ2) is 17.1. The summed E-state index contributed by atoms with van der Waals surface area (Å²) in [5.74, 6) is 0. The molecule has 0 spiro atoms. The molecule has 10 heteroatoms. The second-order valence-electron chi connectivity index (χ2n) is 0.565. The van der Waals surface area contributed by atoms with Gasteiger partial charge in [0.2, 0.25) is 0 Å². The third kappa shape index (κ3) is 224. The van der Waals surface area contributed by atoms with Gasteiger partial charge in [0.25, 0.3) is 0 Å².